The second-order valence-electron chi connectivity index (χ2n) is 7.20. The molecule has 26 heavy (non-hydrogen) atoms. The topological polar surface area (TPSA) is 26.3 Å². The lowest BCUT2D eigenvalue weighted by molar-refractivity contribution is -0.147. The Kier molecular flexibility index (Phi) is 3.46. The van der Waals surface area contributed by atoms with Gasteiger partial charge in [0.25, 0.3) is 0 Å². The zero-order valence-corrected chi connectivity index (χ0v) is 14.6. The van der Waals surface area contributed by atoms with E-state index in [0.717, 1.165) is 0 Å². The Morgan fingerprint density at radius 3 is 1.65 bits per heavy atom. The van der Waals surface area contributed by atoms with E-state index >= 15 is 0 Å². The molecule has 2 nitrogen and oxygen atoms in total. The van der Waals surface area contributed by atoms with Crippen LogP contribution in [0.4, 0.5) is 0 Å². The molecule has 0 aromatic heterocycles. The van der Waals surface area contributed by atoms with E-state index in [1.54, 1.807) is 0 Å². The molecular weight excluding hydrogens is 320 g/mol. The minimum Gasteiger partial charge on any atom is -0.469 e. The largest absolute Gasteiger partial charge is 0.469 e. The van der Waals surface area contributed by atoms with Gasteiger partial charge in [0.2, 0.25) is 0 Å². The van der Waals surface area contributed by atoms with Crippen LogP contribution in [0.5, 0.6) is 0 Å². The molecule has 0 aliphatic heterocycles. The van der Waals surface area contributed by atoms with Gasteiger partial charge in [0.15, 0.2) is 0 Å². The molecule has 6 rings (SSSR count). The van der Waals surface area contributed by atoms with Crippen LogP contribution in [-0.4, -0.2) is 13.1 Å². The number of rotatable bonds is 2. The number of benzene rings is 3. The number of ether oxygens (including phenoxy) is 1. The maximum Gasteiger partial charge on any atom is 0.310 e. The lowest BCUT2D eigenvalue weighted by Crippen LogP contribution is -2.42. The van der Waals surface area contributed by atoms with E-state index in [0.29, 0.717) is 0 Å². The fourth-order valence-corrected chi connectivity index (χ4v) is 5.17. The molecule has 3 aromatic rings. The van der Waals surface area contributed by atoms with Crippen LogP contribution in [0, 0.1) is 5.92 Å². The monoisotopic (exact) mass is 340 g/mol. The first-order valence-electron chi connectivity index (χ1n) is 9.11. The molecular formula is C24H20O2. The summed E-state index contributed by atoms with van der Waals surface area (Å²) in [6.07, 6.45) is 0. The highest BCUT2D eigenvalue weighted by atomic mass is 16.5. The van der Waals surface area contributed by atoms with Crippen LogP contribution in [0.3, 0.4) is 0 Å². The van der Waals surface area contributed by atoms with Crippen molar-refractivity contribution in [1.29, 1.82) is 0 Å². The van der Waals surface area contributed by atoms with E-state index in [2.05, 4.69) is 72.8 Å². The van der Waals surface area contributed by atoms with Gasteiger partial charge in [-0.05, 0) is 27.8 Å². The highest BCUT2D eigenvalue weighted by molar-refractivity contribution is 5.79. The van der Waals surface area contributed by atoms with Crippen molar-refractivity contribution in [3.05, 3.63) is 107 Å². The van der Waals surface area contributed by atoms with Crippen LogP contribution < -0.4 is 0 Å². The van der Waals surface area contributed by atoms with E-state index in [1.165, 1.54) is 34.9 Å². The zero-order valence-electron chi connectivity index (χ0n) is 14.6. The Labute approximate surface area is 153 Å². The predicted molar refractivity (Wildman–Crippen MR) is 101 cm³/mol. The van der Waals surface area contributed by atoms with Crippen molar-refractivity contribution in [2.24, 2.45) is 5.92 Å². The molecule has 3 aromatic carbocycles. The summed E-state index contributed by atoms with van der Waals surface area (Å²) >= 11 is 0. The molecule has 0 fully saturated rings. The van der Waals surface area contributed by atoms with E-state index in [9.17, 15) is 4.79 Å². The van der Waals surface area contributed by atoms with Crippen molar-refractivity contribution in [1.82, 2.24) is 0 Å². The fourth-order valence-electron chi connectivity index (χ4n) is 5.17. The fraction of sp³-hybridized carbons (Fsp3) is 0.208. The summed E-state index contributed by atoms with van der Waals surface area (Å²) in [7, 11) is 1.50. The van der Waals surface area contributed by atoms with Gasteiger partial charge >= 0.3 is 5.97 Å². The van der Waals surface area contributed by atoms with Crippen LogP contribution in [0.25, 0.3) is 0 Å². The van der Waals surface area contributed by atoms with Crippen molar-refractivity contribution in [3.63, 3.8) is 0 Å². The van der Waals surface area contributed by atoms with Gasteiger partial charge in [-0.1, -0.05) is 78.9 Å². The maximum absolute atomic E-state index is 12.9. The number of hydrogen-bond acceptors (Lipinski definition) is 2. The molecule has 0 saturated carbocycles. The van der Waals surface area contributed by atoms with Crippen LogP contribution in [-0.2, 0) is 9.53 Å². The third-order valence-corrected chi connectivity index (χ3v) is 6.10. The molecule has 2 heteroatoms. The molecule has 2 atom stereocenters. The third-order valence-electron chi connectivity index (χ3n) is 6.10. The SMILES string of the molecule is COC(=O)[C@@H]1C2c3ccccc3C(c3ccccc32)[C@H]1c1ccccc1. The van der Waals surface area contributed by atoms with Gasteiger partial charge < -0.3 is 4.74 Å². The second-order valence-corrected chi connectivity index (χ2v) is 7.20. The Balaban J connectivity index is 1.82. The average Bonchev–Trinajstić information content (AvgIpc) is 2.73. The third kappa shape index (κ3) is 2.02. The lowest BCUT2D eigenvalue weighted by atomic mass is 9.53. The second kappa shape index (κ2) is 5.84. The first-order valence-corrected chi connectivity index (χ1v) is 9.11. The number of fused-ring (bicyclic) bond motifs is 1. The standard InChI is InChI=1S/C24H20O2/c1-26-24(25)23-20(15-9-3-2-4-10-15)21-16-11-5-7-13-18(16)22(23)19-14-8-6-12-17(19)21/h2-14,20-23H,1H3/t20-,21?,22?,23+/m1/s1. The van der Waals surface area contributed by atoms with E-state index in [4.69, 9.17) is 4.74 Å². The summed E-state index contributed by atoms with van der Waals surface area (Å²) in [5.41, 5.74) is 6.47. The van der Waals surface area contributed by atoms with Crippen LogP contribution in [0.2, 0.25) is 0 Å². The van der Waals surface area contributed by atoms with Gasteiger partial charge in [0.1, 0.15) is 0 Å². The molecule has 0 radical (unpaired) electrons. The molecule has 0 heterocycles. The first kappa shape index (κ1) is 15.4. The highest BCUT2D eigenvalue weighted by Gasteiger charge is 2.53. The summed E-state index contributed by atoms with van der Waals surface area (Å²) in [6.45, 7) is 0. The molecule has 0 saturated heterocycles. The summed E-state index contributed by atoms with van der Waals surface area (Å²) in [5.74, 6) is 0.0115. The van der Waals surface area contributed by atoms with Crippen LogP contribution >= 0.6 is 0 Å². The number of methoxy groups -OCH3 is 1. The molecule has 0 spiro atoms. The van der Waals surface area contributed by atoms with Crippen LogP contribution in [0.1, 0.15) is 45.6 Å². The summed E-state index contributed by atoms with van der Waals surface area (Å²) in [6, 6.07) is 27.6. The molecule has 0 N–H and O–H groups in total. The Bertz CT molecular complexity index is 929. The van der Waals surface area contributed by atoms with Crippen molar-refractivity contribution in [3.8, 4) is 0 Å². The van der Waals surface area contributed by atoms with Gasteiger partial charge in [-0.15, -0.1) is 0 Å². The predicted octanol–water partition coefficient (Wildman–Crippen LogP) is 4.85. The Hall–Kier alpha value is -2.87. The molecule has 0 amide bonds. The summed E-state index contributed by atoms with van der Waals surface area (Å²) in [4.78, 5) is 12.9. The molecule has 2 bridgehead atoms. The summed E-state index contributed by atoms with van der Waals surface area (Å²) in [5, 5.41) is 0. The molecule has 3 aliphatic carbocycles. The van der Waals surface area contributed by atoms with Gasteiger partial charge in [-0.25, -0.2) is 0 Å². The average molecular weight is 340 g/mol. The number of carbonyl (C=O) groups is 1. The smallest absolute Gasteiger partial charge is 0.310 e. The highest BCUT2D eigenvalue weighted by Crippen LogP contribution is 2.61. The Morgan fingerprint density at radius 2 is 1.15 bits per heavy atom. The van der Waals surface area contributed by atoms with Crippen molar-refractivity contribution in [2.75, 3.05) is 7.11 Å². The van der Waals surface area contributed by atoms with E-state index in [-0.39, 0.29) is 29.6 Å². The van der Waals surface area contributed by atoms with Crippen molar-refractivity contribution in [2.45, 2.75) is 17.8 Å². The molecule has 128 valence electrons. The summed E-state index contributed by atoms with van der Waals surface area (Å²) < 4.78 is 5.29. The van der Waals surface area contributed by atoms with Gasteiger partial charge in [-0.2, -0.15) is 0 Å². The Morgan fingerprint density at radius 1 is 0.692 bits per heavy atom. The number of carbonyl (C=O) groups excluding carboxylic acids is 1. The van der Waals surface area contributed by atoms with Crippen LogP contribution in [0.15, 0.2) is 78.9 Å². The molecule has 0 unspecified atom stereocenters. The van der Waals surface area contributed by atoms with Crippen molar-refractivity contribution >= 4 is 5.97 Å². The lowest BCUT2D eigenvalue weighted by Gasteiger charge is -2.49. The van der Waals surface area contributed by atoms with Crippen molar-refractivity contribution < 1.29 is 9.53 Å². The normalized spacial score (nSPS) is 25.3. The minimum atomic E-state index is -0.197. The van der Waals surface area contributed by atoms with E-state index in [1.807, 2.05) is 6.07 Å². The minimum absolute atomic E-state index is 0.0463. The van der Waals surface area contributed by atoms with E-state index < -0.39 is 0 Å². The van der Waals surface area contributed by atoms with Gasteiger partial charge in [-0.3, -0.25) is 4.79 Å². The zero-order chi connectivity index (χ0) is 17.7. The van der Waals surface area contributed by atoms with Gasteiger partial charge in [0, 0.05) is 17.8 Å². The quantitative estimate of drug-likeness (QED) is 0.623. The number of esters is 1. The first-order chi connectivity index (χ1) is 12.8. The number of hydrogen-bond donors (Lipinski definition) is 0. The maximum atomic E-state index is 12.9. The molecule has 3 aliphatic rings. The van der Waals surface area contributed by atoms with Gasteiger partial charge in [0.05, 0.1) is 13.0 Å².